The molecule has 5 heteroatoms. The molecule has 21 heavy (non-hydrogen) atoms. The fraction of sp³-hybridized carbons (Fsp3) is 0.688. The topological polar surface area (TPSA) is 75.1 Å². The Morgan fingerprint density at radius 2 is 1.86 bits per heavy atom. The third-order valence-corrected chi connectivity index (χ3v) is 5.69. The summed E-state index contributed by atoms with van der Waals surface area (Å²) in [7, 11) is 0. The first-order chi connectivity index (χ1) is 10.1. The van der Waals surface area contributed by atoms with Gasteiger partial charge in [0.15, 0.2) is 0 Å². The number of aromatic carboxylic acids is 1. The SMILES string of the molecule is O=C(O)c1cncnc1CNC12CC3CC(CC(C3)C1)C2. The molecule has 0 unspecified atom stereocenters. The smallest absolute Gasteiger partial charge is 0.339 e. The van der Waals surface area contributed by atoms with E-state index in [2.05, 4.69) is 15.3 Å². The first-order valence-corrected chi connectivity index (χ1v) is 7.91. The van der Waals surface area contributed by atoms with Crippen molar-refractivity contribution in [2.75, 3.05) is 0 Å². The van der Waals surface area contributed by atoms with E-state index in [1.165, 1.54) is 51.0 Å². The van der Waals surface area contributed by atoms with E-state index < -0.39 is 5.97 Å². The molecule has 4 aliphatic rings. The maximum atomic E-state index is 11.2. The molecule has 4 fully saturated rings. The van der Waals surface area contributed by atoms with Gasteiger partial charge >= 0.3 is 5.97 Å². The molecule has 0 spiro atoms. The van der Waals surface area contributed by atoms with E-state index in [1.807, 2.05) is 0 Å². The molecule has 4 aliphatic carbocycles. The van der Waals surface area contributed by atoms with Crippen LogP contribution in [-0.2, 0) is 6.54 Å². The molecule has 0 radical (unpaired) electrons. The predicted octanol–water partition coefficient (Wildman–Crippen LogP) is 2.23. The highest BCUT2D eigenvalue weighted by Crippen LogP contribution is 2.55. The highest BCUT2D eigenvalue weighted by atomic mass is 16.4. The molecule has 0 aliphatic heterocycles. The maximum absolute atomic E-state index is 11.2. The second-order valence-electron chi connectivity index (χ2n) is 7.24. The molecule has 5 nitrogen and oxygen atoms in total. The van der Waals surface area contributed by atoms with Crippen LogP contribution in [0, 0.1) is 17.8 Å². The zero-order valence-electron chi connectivity index (χ0n) is 12.1. The average molecular weight is 287 g/mol. The standard InChI is InChI=1S/C16H21N3O2/c20-15(21)13-7-17-9-18-14(13)8-19-16-4-10-1-11(5-16)3-12(2-10)6-16/h7,9-12,19H,1-6,8H2,(H,20,21). The van der Waals surface area contributed by atoms with Crippen LogP contribution in [0.15, 0.2) is 12.5 Å². The molecule has 112 valence electrons. The monoisotopic (exact) mass is 287 g/mol. The molecule has 0 atom stereocenters. The number of carbonyl (C=O) groups is 1. The summed E-state index contributed by atoms with van der Waals surface area (Å²) in [5.41, 5.74) is 1.05. The van der Waals surface area contributed by atoms with E-state index in [-0.39, 0.29) is 11.1 Å². The Morgan fingerprint density at radius 1 is 1.24 bits per heavy atom. The molecule has 1 heterocycles. The van der Waals surface area contributed by atoms with Crippen LogP contribution in [0.3, 0.4) is 0 Å². The molecule has 0 aromatic carbocycles. The van der Waals surface area contributed by atoms with E-state index >= 15 is 0 Å². The number of nitrogens with zero attached hydrogens (tertiary/aromatic N) is 2. The number of rotatable bonds is 4. The number of aromatic nitrogens is 2. The van der Waals surface area contributed by atoms with Crippen LogP contribution in [0.5, 0.6) is 0 Å². The number of carboxylic acid groups (broad SMARTS) is 1. The van der Waals surface area contributed by atoms with Gasteiger partial charge in [0.05, 0.1) is 5.69 Å². The van der Waals surface area contributed by atoms with E-state index in [9.17, 15) is 9.90 Å². The third-order valence-electron chi connectivity index (χ3n) is 5.69. The van der Waals surface area contributed by atoms with Crippen molar-refractivity contribution in [1.82, 2.24) is 15.3 Å². The van der Waals surface area contributed by atoms with Crippen LogP contribution in [-0.4, -0.2) is 26.6 Å². The fourth-order valence-corrected chi connectivity index (χ4v) is 5.27. The van der Waals surface area contributed by atoms with Gasteiger partial charge in [-0.3, -0.25) is 0 Å². The van der Waals surface area contributed by atoms with Crippen LogP contribution in [0.1, 0.15) is 54.6 Å². The highest BCUT2D eigenvalue weighted by Gasteiger charge is 2.50. The van der Waals surface area contributed by atoms with Crippen molar-refractivity contribution in [1.29, 1.82) is 0 Å². The van der Waals surface area contributed by atoms with Gasteiger partial charge in [0, 0.05) is 18.3 Å². The zero-order chi connectivity index (χ0) is 14.4. The van der Waals surface area contributed by atoms with Gasteiger partial charge in [0.25, 0.3) is 0 Å². The van der Waals surface area contributed by atoms with Crippen LogP contribution in [0.25, 0.3) is 0 Å². The van der Waals surface area contributed by atoms with Crippen molar-refractivity contribution in [2.45, 2.75) is 50.6 Å². The summed E-state index contributed by atoms with van der Waals surface area (Å²) in [6.45, 7) is 0.538. The molecule has 0 amide bonds. The van der Waals surface area contributed by atoms with E-state index in [0.29, 0.717) is 12.2 Å². The lowest BCUT2D eigenvalue weighted by molar-refractivity contribution is -0.0208. The number of carboxylic acids is 1. The molecule has 4 saturated carbocycles. The van der Waals surface area contributed by atoms with Gasteiger partial charge in [-0.25, -0.2) is 14.8 Å². The van der Waals surface area contributed by atoms with E-state index in [1.54, 1.807) is 0 Å². The van der Waals surface area contributed by atoms with Crippen molar-refractivity contribution in [2.24, 2.45) is 17.8 Å². The molecule has 1 aromatic heterocycles. The highest BCUT2D eigenvalue weighted by molar-refractivity contribution is 5.88. The van der Waals surface area contributed by atoms with Crippen LogP contribution in [0.4, 0.5) is 0 Å². The van der Waals surface area contributed by atoms with E-state index in [4.69, 9.17) is 0 Å². The average Bonchev–Trinajstić information content (AvgIpc) is 2.44. The van der Waals surface area contributed by atoms with Gasteiger partial charge in [0.1, 0.15) is 11.9 Å². The number of nitrogens with one attached hydrogen (secondary N) is 1. The van der Waals surface area contributed by atoms with Gasteiger partial charge in [-0.05, 0) is 56.3 Å². The van der Waals surface area contributed by atoms with Gasteiger partial charge in [0.2, 0.25) is 0 Å². The number of hydrogen-bond donors (Lipinski definition) is 2. The minimum absolute atomic E-state index is 0.217. The maximum Gasteiger partial charge on any atom is 0.339 e. The van der Waals surface area contributed by atoms with Gasteiger partial charge in [-0.2, -0.15) is 0 Å². The van der Waals surface area contributed by atoms with Crippen molar-refractivity contribution < 1.29 is 9.90 Å². The summed E-state index contributed by atoms with van der Waals surface area (Å²) in [5.74, 6) is 1.70. The number of hydrogen-bond acceptors (Lipinski definition) is 4. The quantitative estimate of drug-likeness (QED) is 0.888. The Bertz CT molecular complexity index is 537. The minimum atomic E-state index is -0.946. The Morgan fingerprint density at radius 3 is 2.43 bits per heavy atom. The van der Waals surface area contributed by atoms with Crippen LogP contribution >= 0.6 is 0 Å². The molecule has 5 rings (SSSR count). The summed E-state index contributed by atoms with van der Waals surface area (Å²) in [6, 6.07) is 0. The second-order valence-corrected chi connectivity index (χ2v) is 7.24. The van der Waals surface area contributed by atoms with Gasteiger partial charge in [-0.15, -0.1) is 0 Å². The van der Waals surface area contributed by atoms with Crippen molar-refractivity contribution in [3.8, 4) is 0 Å². The molecular weight excluding hydrogens is 266 g/mol. The lowest BCUT2D eigenvalue weighted by atomic mass is 9.53. The lowest BCUT2D eigenvalue weighted by Gasteiger charge is -2.57. The summed E-state index contributed by atoms with van der Waals surface area (Å²) >= 11 is 0. The Balaban J connectivity index is 1.51. The van der Waals surface area contributed by atoms with Gasteiger partial charge in [-0.1, -0.05) is 0 Å². The van der Waals surface area contributed by atoms with Crippen molar-refractivity contribution in [3.05, 3.63) is 23.8 Å². The predicted molar refractivity (Wildman–Crippen MR) is 76.7 cm³/mol. The molecule has 1 aromatic rings. The largest absolute Gasteiger partial charge is 0.478 e. The second kappa shape index (κ2) is 4.77. The normalized spacial score (nSPS) is 36.9. The Labute approximate surface area is 124 Å². The van der Waals surface area contributed by atoms with Gasteiger partial charge < -0.3 is 10.4 Å². The lowest BCUT2D eigenvalue weighted by Crippen LogP contribution is -2.58. The molecule has 2 N–H and O–H groups in total. The summed E-state index contributed by atoms with van der Waals surface area (Å²) in [5, 5.41) is 12.9. The van der Waals surface area contributed by atoms with Crippen molar-refractivity contribution in [3.63, 3.8) is 0 Å². The molecule has 4 bridgehead atoms. The van der Waals surface area contributed by atoms with E-state index in [0.717, 1.165) is 17.8 Å². The summed E-state index contributed by atoms with van der Waals surface area (Å²) in [4.78, 5) is 19.2. The fourth-order valence-electron chi connectivity index (χ4n) is 5.27. The van der Waals surface area contributed by atoms with Crippen molar-refractivity contribution >= 4 is 5.97 Å². The molecular formula is C16H21N3O2. The first kappa shape index (κ1) is 13.2. The first-order valence-electron chi connectivity index (χ1n) is 7.91. The molecule has 0 saturated heterocycles. The van der Waals surface area contributed by atoms with Crippen LogP contribution in [0.2, 0.25) is 0 Å². The summed E-state index contributed by atoms with van der Waals surface area (Å²) < 4.78 is 0. The van der Waals surface area contributed by atoms with Crippen LogP contribution < -0.4 is 5.32 Å². The Kier molecular flexibility index (Phi) is 2.99. The third kappa shape index (κ3) is 2.33. The Hall–Kier alpha value is -1.49. The minimum Gasteiger partial charge on any atom is -0.478 e. The zero-order valence-corrected chi connectivity index (χ0v) is 12.1. The summed E-state index contributed by atoms with van der Waals surface area (Å²) in [6.07, 6.45) is 10.8.